The quantitative estimate of drug-likeness (QED) is 0.312. The topological polar surface area (TPSA) is 121 Å². The zero-order chi connectivity index (χ0) is 27.9. The fourth-order valence-corrected chi connectivity index (χ4v) is 6.68. The summed E-state index contributed by atoms with van der Waals surface area (Å²) < 4.78 is 29.9. The molecule has 14 heteroatoms. The van der Waals surface area contributed by atoms with E-state index in [0.29, 0.717) is 40.3 Å². The third-order valence-corrected chi connectivity index (χ3v) is 9.83. The Morgan fingerprint density at radius 3 is 2.49 bits per heavy atom. The monoisotopic (exact) mass is 589 g/mol. The van der Waals surface area contributed by atoms with Crippen molar-refractivity contribution in [3.05, 3.63) is 47.0 Å². The fraction of sp³-hybridized carbons (Fsp3) is 0.360. The fourth-order valence-electron chi connectivity index (χ4n) is 4.45. The lowest BCUT2D eigenvalue weighted by molar-refractivity contribution is -0.132. The van der Waals surface area contributed by atoms with Crippen molar-refractivity contribution >= 4 is 77.2 Å². The van der Waals surface area contributed by atoms with Crippen LogP contribution in [0.2, 0.25) is 5.02 Å². The summed E-state index contributed by atoms with van der Waals surface area (Å²) >= 11 is 7.56. The molecule has 0 unspecified atom stereocenters. The Labute approximate surface area is 235 Å². The summed E-state index contributed by atoms with van der Waals surface area (Å²) in [6.07, 6.45) is 0.126. The van der Waals surface area contributed by atoms with Crippen LogP contribution in [0.4, 0.5) is 11.1 Å². The van der Waals surface area contributed by atoms with Crippen molar-refractivity contribution < 1.29 is 18.0 Å². The maximum Gasteiger partial charge on any atom is 0.281 e. The predicted molar refractivity (Wildman–Crippen MR) is 153 cm³/mol. The zero-order valence-electron chi connectivity index (χ0n) is 21.7. The van der Waals surface area contributed by atoms with E-state index in [9.17, 15) is 18.0 Å². The molecule has 0 aliphatic carbocycles. The van der Waals surface area contributed by atoms with Gasteiger partial charge in [0, 0.05) is 70.7 Å². The van der Waals surface area contributed by atoms with Gasteiger partial charge in [0.2, 0.25) is 11.9 Å². The molecule has 4 aromatic rings. The van der Waals surface area contributed by atoms with E-state index in [-0.39, 0.29) is 37.6 Å². The lowest BCUT2D eigenvalue weighted by Crippen LogP contribution is -2.53. The number of piperazine rings is 1. The molecular formula is C25H28ClN7O4S2. The zero-order valence-corrected chi connectivity index (χ0v) is 24.1. The molecule has 11 nitrogen and oxygen atoms in total. The maximum absolute atomic E-state index is 12.9. The van der Waals surface area contributed by atoms with E-state index in [4.69, 9.17) is 11.6 Å². The molecule has 206 valence electrons. The van der Waals surface area contributed by atoms with Crippen molar-refractivity contribution in [2.75, 3.05) is 45.6 Å². The third-order valence-electron chi connectivity index (χ3n) is 6.72. The number of amides is 1. The number of nitrogens with zero attached hydrogens (tertiary/aromatic N) is 6. The highest BCUT2D eigenvalue weighted by atomic mass is 35.5. The number of ketones is 1. The molecule has 0 radical (unpaired) electrons. The van der Waals surface area contributed by atoms with Gasteiger partial charge in [-0.05, 0) is 36.4 Å². The lowest BCUT2D eigenvalue weighted by Gasteiger charge is -2.35. The Morgan fingerprint density at radius 2 is 1.77 bits per heavy atom. The molecular weight excluding hydrogens is 562 g/mol. The Hall–Kier alpha value is -3.10. The number of hydrogen-bond acceptors (Lipinski definition) is 8. The van der Waals surface area contributed by atoms with Gasteiger partial charge in [-0.2, -0.15) is 17.0 Å². The summed E-state index contributed by atoms with van der Waals surface area (Å²) in [4.78, 5) is 36.5. The van der Waals surface area contributed by atoms with Gasteiger partial charge in [0.15, 0.2) is 10.9 Å². The van der Waals surface area contributed by atoms with Crippen molar-refractivity contribution in [1.29, 1.82) is 0 Å². The van der Waals surface area contributed by atoms with Crippen LogP contribution in [0.3, 0.4) is 0 Å². The van der Waals surface area contributed by atoms with E-state index in [0.717, 1.165) is 20.0 Å². The van der Waals surface area contributed by atoms with Gasteiger partial charge in [0.1, 0.15) is 0 Å². The molecule has 1 fully saturated rings. The normalized spacial score (nSPS) is 14.9. The van der Waals surface area contributed by atoms with Crippen LogP contribution in [0, 0.1) is 0 Å². The van der Waals surface area contributed by atoms with Crippen LogP contribution in [0.1, 0.15) is 23.2 Å². The highest BCUT2D eigenvalue weighted by Crippen LogP contribution is 2.31. The highest BCUT2D eigenvalue weighted by molar-refractivity contribution is 7.86. The van der Waals surface area contributed by atoms with E-state index in [2.05, 4.69) is 15.3 Å². The first-order valence-electron chi connectivity index (χ1n) is 12.3. The second kappa shape index (κ2) is 10.8. The first kappa shape index (κ1) is 27.5. The van der Waals surface area contributed by atoms with Crippen LogP contribution in [-0.4, -0.2) is 88.4 Å². The molecule has 0 bridgehead atoms. The minimum Gasteiger partial charge on any atom is -0.340 e. The number of benzene rings is 2. The highest BCUT2D eigenvalue weighted by Gasteiger charge is 2.30. The summed E-state index contributed by atoms with van der Waals surface area (Å²) in [7, 11) is 1.35. The number of carbonyl (C=O) groups is 2. The number of halogens is 1. The average molecular weight is 590 g/mol. The molecule has 0 spiro atoms. The largest absolute Gasteiger partial charge is 0.340 e. The van der Waals surface area contributed by atoms with Crippen LogP contribution in [-0.2, 0) is 22.1 Å². The van der Waals surface area contributed by atoms with E-state index >= 15 is 0 Å². The average Bonchev–Trinajstić information content (AvgIpc) is 3.45. The minimum atomic E-state index is -3.50. The molecule has 0 atom stereocenters. The first-order valence-corrected chi connectivity index (χ1v) is 14.9. The van der Waals surface area contributed by atoms with Crippen LogP contribution in [0.15, 0.2) is 36.4 Å². The Bertz CT molecular complexity index is 1670. The molecule has 1 N–H and O–H groups in total. The molecule has 2 aromatic heterocycles. The number of thiazole rings is 1. The summed E-state index contributed by atoms with van der Waals surface area (Å²) in [6, 6.07) is 10.8. The van der Waals surface area contributed by atoms with Gasteiger partial charge < -0.3 is 14.8 Å². The van der Waals surface area contributed by atoms with E-state index < -0.39 is 10.2 Å². The molecule has 2 aromatic carbocycles. The Morgan fingerprint density at radius 1 is 1.03 bits per heavy atom. The number of Topliss-reactive ketones (excluding diaryl/α,β-unsaturated/α-hetero) is 1. The standard InChI is InChI=1S/C25H28ClN7O4S2/c1-30(2)39(36,37)33-12-10-32(11-13-33)23(35)9-8-21(34)16-4-7-20-19(14-16)27-24(31(20)3)29-25-28-18-6-5-17(26)15-22(18)38-25/h4-7,14-15H,8-13H2,1-3H3,(H,27,28,29). The molecule has 1 saturated heterocycles. The number of anilines is 2. The summed E-state index contributed by atoms with van der Waals surface area (Å²) in [6.45, 7) is 1.07. The number of carbonyl (C=O) groups excluding carboxylic acids is 2. The number of hydrogen-bond donors (Lipinski definition) is 1. The first-order chi connectivity index (χ1) is 18.5. The van der Waals surface area contributed by atoms with Crippen molar-refractivity contribution in [2.45, 2.75) is 12.8 Å². The SMILES string of the molecule is CN(C)S(=O)(=O)N1CCN(C(=O)CCC(=O)c2ccc3c(c2)nc(Nc2nc4ccc(Cl)cc4s2)n3C)CC1. The number of fused-ring (bicyclic) bond motifs is 2. The molecule has 1 aliphatic heterocycles. The van der Waals surface area contributed by atoms with Gasteiger partial charge in [0.25, 0.3) is 10.2 Å². The number of aromatic nitrogens is 3. The molecule has 5 rings (SSSR count). The summed E-state index contributed by atoms with van der Waals surface area (Å²) in [5.74, 6) is 0.278. The molecule has 0 saturated carbocycles. The van der Waals surface area contributed by atoms with E-state index in [1.165, 1.54) is 29.7 Å². The molecule has 1 amide bonds. The van der Waals surface area contributed by atoms with Crippen LogP contribution < -0.4 is 5.32 Å². The second-order valence-corrected chi connectivity index (χ2v) is 13.1. The molecule has 3 heterocycles. The minimum absolute atomic E-state index is 0.0623. The van der Waals surface area contributed by atoms with Gasteiger partial charge in [-0.1, -0.05) is 22.9 Å². The number of nitrogens with one attached hydrogen (secondary N) is 1. The Balaban J connectivity index is 1.21. The van der Waals surface area contributed by atoms with Gasteiger partial charge in [-0.25, -0.2) is 9.97 Å². The van der Waals surface area contributed by atoms with Crippen molar-refractivity contribution in [2.24, 2.45) is 7.05 Å². The summed E-state index contributed by atoms with van der Waals surface area (Å²) in [5.41, 5.74) is 2.82. The van der Waals surface area contributed by atoms with E-state index in [1.54, 1.807) is 23.1 Å². The predicted octanol–water partition coefficient (Wildman–Crippen LogP) is 3.49. The van der Waals surface area contributed by atoms with Crippen molar-refractivity contribution in [3.8, 4) is 0 Å². The molecule has 1 aliphatic rings. The number of imidazole rings is 1. The van der Waals surface area contributed by atoms with Gasteiger partial charge in [0.05, 0.1) is 21.3 Å². The maximum atomic E-state index is 12.9. The van der Waals surface area contributed by atoms with Gasteiger partial charge in [-0.15, -0.1) is 0 Å². The third kappa shape index (κ3) is 5.63. The van der Waals surface area contributed by atoms with Crippen LogP contribution in [0.25, 0.3) is 21.3 Å². The van der Waals surface area contributed by atoms with Crippen LogP contribution >= 0.6 is 22.9 Å². The lowest BCUT2D eigenvalue weighted by atomic mass is 10.1. The second-order valence-electron chi connectivity index (χ2n) is 9.45. The summed E-state index contributed by atoms with van der Waals surface area (Å²) in [5, 5.41) is 4.58. The number of rotatable bonds is 8. The van der Waals surface area contributed by atoms with Gasteiger partial charge in [-0.3, -0.25) is 9.59 Å². The molecule has 39 heavy (non-hydrogen) atoms. The van der Waals surface area contributed by atoms with Gasteiger partial charge >= 0.3 is 0 Å². The smallest absolute Gasteiger partial charge is 0.281 e. The van der Waals surface area contributed by atoms with Crippen molar-refractivity contribution in [3.63, 3.8) is 0 Å². The Kier molecular flexibility index (Phi) is 7.62. The van der Waals surface area contributed by atoms with Crippen molar-refractivity contribution in [1.82, 2.24) is 28.0 Å². The number of aryl methyl sites for hydroxylation is 1. The van der Waals surface area contributed by atoms with Crippen LogP contribution in [0.5, 0.6) is 0 Å². The van der Waals surface area contributed by atoms with E-state index in [1.807, 2.05) is 29.8 Å².